The lowest BCUT2D eigenvalue weighted by atomic mass is 10.0. The van der Waals surface area contributed by atoms with E-state index in [1.165, 1.54) is 24.3 Å². The number of aliphatic hydroxyl groups excluding tert-OH is 1. The summed E-state index contributed by atoms with van der Waals surface area (Å²) < 4.78 is 126. The SMILES string of the molecule is C[C@@H]([C@@H](CO)NS(=O)(=O)c1ccc(Cl)s1)C(F)(F)F.C[C@@H]([C@H](N)CO[Si](C)(C)C)C(F)(F)F.O=S(=O)(Cl)c1ccc(Cl)s1.S.S.S.S. The molecule has 0 aromatic carbocycles. The molecule has 8 nitrogen and oxygen atoms in total. The van der Waals surface area contributed by atoms with E-state index in [-0.39, 0.29) is 73.3 Å². The highest BCUT2D eigenvalue weighted by molar-refractivity contribution is 8.15. The van der Waals surface area contributed by atoms with E-state index in [2.05, 4.69) is 0 Å². The summed E-state index contributed by atoms with van der Waals surface area (Å²) in [6, 6.07) is 2.74. The molecule has 0 aliphatic heterocycles. The Morgan fingerprint density at radius 1 is 0.851 bits per heavy atom. The van der Waals surface area contributed by atoms with Crippen LogP contribution in [0.1, 0.15) is 13.8 Å². The Morgan fingerprint density at radius 2 is 1.23 bits per heavy atom. The molecule has 0 unspecified atom stereocenters. The average Bonchev–Trinajstić information content (AvgIpc) is 3.48. The minimum atomic E-state index is -4.61. The van der Waals surface area contributed by atoms with Gasteiger partial charge < -0.3 is 15.3 Å². The predicted octanol–water partition coefficient (Wildman–Crippen LogP) is 7.38. The molecule has 0 aliphatic rings. The number of sulfonamides is 1. The average molecular weight is 921 g/mol. The molecule has 2 rings (SSSR count). The molecule has 0 spiro atoms. The Balaban J connectivity index is -0.000000188. The highest BCUT2D eigenvalue weighted by Crippen LogP contribution is 2.31. The summed E-state index contributed by atoms with van der Waals surface area (Å²) >= 11 is 12.7. The van der Waals surface area contributed by atoms with Crippen LogP contribution in [0.15, 0.2) is 32.7 Å². The van der Waals surface area contributed by atoms with Gasteiger partial charge in [-0.2, -0.15) is 80.3 Å². The smallest absolute Gasteiger partial charge is 0.393 e. The Hall–Kier alpha value is 1.21. The minimum absolute atomic E-state index is 0. The van der Waals surface area contributed by atoms with E-state index in [9.17, 15) is 43.2 Å². The zero-order chi connectivity index (χ0) is 34.2. The summed E-state index contributed by atoms with van der Waals surface area (Å²) in [5, 5.41) is 8.93. The monoisotopic (exact) mass is 918 g/mol. The zero-order valence-electron chi connectivity index (χ0n) is 25.1. The third-order valence-corrected chi connectivity index (χ3v) is 12.7. The summed E-state index contributed by atoms with van der Waals surface area (Å²) in [4.78, 5) is 0. The van der Waals surface area contributed by atoms with Gasteiger partial charge in [0.1, 0.15) is 8.42 Å². The second-order valence-corrected chi connectivity index (χ2v) is 22.4. The summed E-state index contributed by atoms with van der Waals surface area (Å²) in [6.45, 7) is 6.65. The molecule has 47 heavy (non-hydrogen) atoms. The van der Waals surface area contributed by atoms with E-state index >= 15 is 0 Å². The van der Waals surface area contributed by atoms with Crippen LogP contribution in [0.25, 0.3) is 0 Å². The third kappa shape index (κ3) is 23.4. The molecule has 0 aliphatic carbocycles. The van der Waals surface area contributed by atoms with E-state index in [0.29, 0.717) is 4.34 Å². The molecule has 4 atom stereocenters. The topological polar surface area (TPSA) is 136 Å². The second-order valence-electron chi connectivity index (χ2n) is 9.71. The fourth-order valence-corrected chi connectivity index (χ4v) is 8.14. The van der Waals surface area contributed by atoms with Crippen molar-refractivity contribution in [2.45, 2.75) is 66.3 Å². The molecule has 4 N–H and O–H groups in total. The van der Waals surface area contributed by atoms with Crippen molar-refractivity contribution in [2.75, 3.05) is 13.2 Å². The number of alkyl halides is 6. The summed E-state index contributed by atoms with van der Waals surface area (Å²) in [5.41, 5.74) is 5.39. The first-order chi connectivity index (χ1) is 19.1. The van der Waals surface area contributed by atoms with Crippen LogP contribution in [-0.2, 0) is 23.5 Å². The molecule has 0 fully saturated rings. The van der Waals surface area contributed by atoms with E-state index < -0.39 is 70.3 Å². The molecule has 284 valence electrons. The largest absolute Gasteiger partial charge is 0.416 e. The van der Waals surface area contributed by atoms with Gasteiger partial charge in [0, 0.05) is 23.3 Å². The van der Waals surface area contributed by atoms with Gasteiger partial charge in [-0.05, 0) is 43.9 Å². The molecule has 0 radical (unpaired) electrons. The first-order valence-electron chi connectivity index (χ1n) is 11.7. The first-order valence-corrected chi connectivity index (χ1v) is 21.3. The van der Waals surface area contributed by atoms with E-state index in [0.717, 1.165) is 36.5 Å². The van der Waals surface area contributed by atoms with Crippen molar-refractivity contribution in [1.29, 1.82) is 0 Å². The Bertz CT molecular complexity index is 1360. The van der Waals surface area contributed by atoms with Crippen LogP contribution in [0, 0.1) is 11.8 Å². The number of aliphatic hydroxyl groups is 1. The molecule has 0 amide bonds. The van der Waals surface area contributed by atoms with Gasteiger partial charge in [-0.15, -0.1) is 22.7 Å². The lowest BCUT2D eigenvalue weighted by Gasteiger charge is -2.26. The number of nitrogens with two attached hydrogens (primary N) is 1. The predicted molar refractivity (Wildman–Crippen MR) is 202 cm³/mol. The first kappa shape index (κ1) is 57.5. The fourth-order valence-electron chi connectivity index (χ4n) is 2.39. The van der Waals surface area contributed by atoms with Gasteiger partial charge in [-0.1, -0.05) is 37.0 Å². The van der Waals surface area contributed by atoms with Crippen LogP contribution < -0.4 is 10.5 Å². The third-order valence-electron chi connectivity index (χ3n) is 5.09. The van der Waals surface area contributed by atoms with Crippen molar-refractivity contribution in [2.24, 2.45) is 17.6 Å². The second kappa shape index (κ2) is 23.7. The number of hydrogen-bond acceptors (Lipinski definition) is 9. The summed E-state index contributed by atoms with van der Waals surface area (Å²) in [7, 11) is -4.48. The normalized spacial score (nSPS) is 14.5. The molecule has 2 aromatic heterocycles. The van der Waals surface area contributed by atoms with Crippen molar-refractivity contribution in [1.82, 2.24) is 4.72 Å². The van der Waals surface area contributed by atoms with Crippen molar-refractivity contribution in [3.8, 4) is 0 Å². The van der Waals surface area contributed by atoms with Gasteiger partial charge in [-0.3, -0.25) is 0 Å². The minimum Gasteiger partial charge on any atom is -0.416 e. The summed E-state index contributed by atoms with van der Waals surface area (Å²) in [6.07, 6.45) is -8.84. The lowest BCUT2D eigenvalue weighted by Crippen LogP contribution is -2.46. The maximum Gasteiger partial charge on any atom is 0.393 e. The molecule has 0 bridgehead atoms. The van der Waals surface area contributed by atoms with E-state index in [4.69, 9.17) is 49.2 Å². The number of hydrogen-bond donors (Lipinski definition) is 3. The van der Waals surface area contributed by atoms with Crippen molar-refractivity contribution in [3.05, 3.63) is 32.9 Å². The van der Waals surface area contributed by atoms with Crippen LogP contribution >= 0.6 is 111 Å². The van der Waals surface area contributed by atoms with Gasteiger partial charge in [0.05, 0.1) is 33.2 Å². The number of halogens is 9. The number of rotatable bonds is 10. The molecule has 26 heteroatoms. The molecular formula is C21H39Cl3F6N2O6S8Si. The molecule has 2 heterocycles. The lowest BCUT2D eigenvalue weighted by molar-refractivity contribution is -0.178. The molecule has 0 saturated carbocycles. The Morgan fingerprint density at radius 3 is 1.49 bits per heavy atom. The highest BCUT2D eigenvalue weighted by atomic mass is 35.7. The van der Waals surface area contributed by atoms with Crippen LogP contribution in [0.4, 0.5) is 26.3 Å². The standard InChI is InChI=1S/C9H11ClF3NO3S2.C8H18F3NOSi.C4H2Cl2O2S2.4H2S/c1-5(9(11,12)13)6(4-15)14-19(16,17)8-3-2-7(10)18-8;1-6(8(9,10)11)7(12)5-13-14(2,3)4;5-3-1-2-4(9-3)10(6,7)8;;;;/h2-3,5-6,14-15H,4H2,1H3;6-7H,5,12H2,1-4H3;1-2H;4*1H2/t5-,6+;6-,7+;;;;;/m00...../s1. The van der Waals surface area contributed by atoms with Crippen LogP contribution in [0.2, 0.25) is 28.3 Å². The van der Waals surface area contributed by atoms with Gasteiger partial charge >= 0.3 is 12.4 Å². The quantitative estimate of drug-likeness (QED) is 0.129. The molecule has 2 aromatic rings. The number of thiophene rings is 2. The zero-order valence-corrected chi connectivity index (χ0v) is 35.7. The van der Waals surface area contributed by atoms with Gasteiger partial charge in [-0.25, -0.2) is 21.6 Å². The molecular weight excluding hydrogens is 881 g/mol. The van der Waals surface area contributed by atoms with Gasteiger partial charge in [0.25, 0.3) is 9.05 Å². The Labute approximate surface area is 322 Å². The highest BCUT2D eigenvalue weighted by Gasteiger charge is 2.43. The van der Waals surface area contributed by atoms with Gasteiger partial charge in [0.15, 0.2) is 8.32 Å². The van der Waals surface area contributed by atoms with Crippen molar-refractivity contribution < 1.29 is 52.7 Å². The molecule has 0 saturated heterocycles. The summed E-state index contributed by atoms with van der Waals surface area (Å²) in [5.74, 6) is -3.53. The number of nitrogens with one attached hydrogen (secondary N) is 1. The van der Waals surface area contributed by atoms with Crippen molar-refractivity contribution in [3.63, 3.8) is 0 Å². The fraction of sp³-hybridized carbons (Fsp3) is 0.619. The van der Waals surface area contributed by atoms with Crippen LogP contribution in [0.5, 0.6) is 0 Å². The maximum absolute atomic E-state index is 12.5. The maximum atomic E-state index is 12.5. The van der Waals surface area contributed by atoms with Crippen molar-refractivity contribution >= 4 is 138 Å². The Kier molecular flexibility index (Phi) is 29.0. The van der Waals surface area contributed by atoms with Crippen LogP contribution in [0.3, 0.4) is 0 Å². The van der Waals surface area contributed by atoms with Crippen LogP contribution in [-0.4, -0.2) is 67.9 Å². The van der Waals surface area contributed by atoms with E-state index in [1.807, 2.05) is 24.4 Å². The van der Waals surface area contributed by atoms with E-state index in [1.54, 1.807) is 0 Å². The van der Waals surface area contributed by atoms with Gasteiger partial charge in [0.2, 0.25) is 10.0 Å².